The molecular formula is C18H14O8. The van der Waals surface area contributed by atoms with E-state index in [0.717, 1.165) is 18.2 Å². The molecule has 134 valence electrons. The van der Waals surface area contributed by atoms with Crippen molar-refractivity contribution >= 4 is 17.3 Å². The van der Waals surface area contributed by atoms with Crippen LogP contribution in [0.15, 0.2) is 18.2 Å². The smallest absolute Gasteiger partial charge is 0.201 e. The lowest BCUT2D eigenvalue weighted by molar-refractivity contribution is -0.118. The van der Waals surface area contributed by atoms with E-state index in [1.54, 1.807) is 0 Å². The van der Waals surface area contributed by atoms with E-state index in [9.17, 15) is 39.9 Å². The molecule has 8 heteroatoms. The second-order valence-corrected chi connectivity index (χ2v) is 6.05. The summed E-state index contributed by atoms with van der Waals surface area (Å²) in [5.74, 6) is -4.74. The van der Waals surface area contributed by atoms with Gasteiger partial charge in [-0.1, -0.05) is 0 Å². The molecule has 26 heavy (non-hydrogen) atoms. The summed E-state index contributed by atoms with van der Waals surface area (Å²) >= 11 is 0. The van der Waals surface area contributed by atoms with Gasteiger partial charge in [-0.2, -0.15) is 0 Å². The van der Waals surface area contributed by atoms with Gasteiger partial charge in [0, 0.05) is 23.6 Å². The van der Waals surface area contributed by atoms with Gasteiger partial charge in [0.15, 0.2) is 5.78 Å². The summed E-state index contributed by atoms with van der Waals surface area (Å²) in [5, 5.41) is 50.1. The minimum Gasteiger partial charge on any atom is -0.508 e. The zero-order valence-corrected chi connectivity index (χ0v) is 13.5. The number of rotatable bonds is 3. The summed E-state index contributed by atoms with van der Waals surface area (Å²) in [6.07, 6.45) is -2.01. The van der Waals surface area contributed by atoms with Gasteiger partial charge in [-0.05, 0) is 19.1 Å². The fourth-order valence-corrected chi connectivity index (χ4v) is 3.08. The Hall–Kier alpha value is -3.39. The summed E-state index contributed by atoms with van der Waals surface area (Å²) in [6.45, 7) is 1.20. The van der Waals surface area contributed by atoms with Crippen LogP contribution in [0.25, 0.3) is 0 Å². The van der Waals surface area contributed by atoms with Crippen LogP contribution in [0.5, 0.6) is 23.0 Å². The molecule has 0 aromatic heterocycles. The number of carbonyl (C=O) groups excluding carboxylic acids is 3. The molecule has 0 heterocycles. The highest BCUT2D eigenvalue weighted by Crippen LogP contribution is 2.44. The lowest BCUT2D eigenvalue weighted by Crippen LogP contribution is -2.22. The number of Topliss-reactive ketones (excluding diaryl/α,β-unsaturated/α-hetero) is 1. The Morgan fingerprint density at radius 2 is 1.54 bits per heavy atom. The standard InChI is InChI=1S/C18H14O8/c1-6(19)2-10(21)15-12(23)5-9-14(18(15)26)17(25)13-8(16(9)24)3-7(20)4-11(13)22/h3-5,10,20-23,26H,2H2,1H3. The molecule has 0 saturated carbocycles. The number of aliphatic hydroxyl groups is 1. The van der Waals surface area contributed by atoms with Gasteiger partial charge in [0.25, 0.3) is 0 Å². The van der Waals surface area contributed by atoms with E-state index < -0.39 is 69.6 Å². The predicted octanol–water partition coefficient (Wildman–Crippen LogP) is 1.30. The molecule has 0 aliphatic heterocycles. The van der Waals surface area contributed by atoms with Crippen LogP contribution in [0.2, 0.25) is 0 Å². The fourth-order valence-electron chi connectivity index (χ4n) is 3.08. The van der Waals surface area contributed by atoms with Crippen LogP contribution in [-0.4, -0.2) is 42.9 Å². The van der Waals surface area contributed by atoms with Gasteiger partial charge in [-0.3, -0.25) is 14.4 Å². The SMILES string of the molecule is CC(=O)CC(O)c1c(O)cc2c(c1O)C(=O)c1c(O)cc(O)cc1C2=O. The molecule has 0 amide bonds. The molecule has 3 rings (SSSR count). The molecule has 1 unspecified atom stereocenters. The van der Waals surface area contributed by atoms with Crippen molar-refractivity contribution in [1.29, 1.82) is 0 Å². The van der Waals surface area contributed by atoms with E-state index in [-0.39, 0.29) is 11.1 Å². The van der Waals surface area contributed by atoms with E-state index in [1.807, 2.05) is 0 Å². The van der Waals surface area contributed by atoms with E-state index in [4.69, 9.17) is 0 Å². The lowest BCUT2D eigenvalue weighted by atomic mass is 9.81. The molecule has 8 nitrogen and oxygen atoms in total. The minimum absolute atomic E-state index is 0.282. The average molecular weight is 358 g/mol. The Balaban J connectivity index is 2.27. The molecule has 0 fully saturated rings. The fraction of sp³-hybridized carbons (Fsp3) is 0.167. The molecule has 0 spiro atoms. The minimum atomic E-state index is -1.59. The number of phenolic OH excluding ortho intramolecular Hbond substituents is 4. The van der Waals surface area contributed by atoms with E-state index in [0.29, 0.717) is 0 Å². The van der Waals surface area contributed by atoms with Crippen molar-refractivity contribution < 1.29 is 39.9 Å². The summed E-state index contributed by atoms with van der Waals surface area (Å²) in [5.41, 5.74) is -1.99. The lowest BCUT2D eigenvalue weighted by Gasteiger charge is -2.23. The third kappa shape index (κ3) is 2.47. The number of hydrogen-bond acceptors (Lipinski definition) is 8. The first-order valence-corrected chi connectivity index (χ1v) is 7.55. The average Bonchev–Trinajstić information content (AvgIpc) is 2.50. The summed E-state index contributed by atoms with van der Waals surface area (Å²) in [6, 6.07) is 2.76. The van der Waals surface area contributed by atoms with Crippen molar-refractivity contribution in [2.75, 3.05) is 0 Å². The Bertz CT molecular complexity index is 989. The number of fused-ring (bicyclic) bond motifs is 2. The van der Waals surface area contributed by atoms with E-state index in [1.165, 1.54) is 6.92 Å². The first-order valence-electron chi connectivity index (χ1n) is 7.55. The number of hydrogen-bond donors (Lipinski definition) is 5. The van der Waals surface area contributed by atoms with Crippen molar-refractivity contribution in [3.8, 4) is 23.0 Å². The Kier molecular flexibility index (Phi) is 3.92. The van der Waals surface area contributed by atoms with E-state index in [2.05, 4.69) is 0 Å². The molecule has 1 aliphatic carbocycles. The number of ketones is 3. The van der Waals surface area contributed by atoms with Gasteiger partial charge in [-0.15, -0.1) is 0 Å². The molecule has 0 radical (unpaired) electrons. The van der Waals surface area contributed by atoms with Crippen LogP contribution in [0.1, 0.15) is 56.9 Å². The number of benzene rings is 2. The largest absolute Gasteiger partial charge is 0.508 e. The van der Waals surface area contributed by atoms with Gasteiger partial charge in [0.05, 0.1) is 22.8 Å². The van der Waals surface area contributed by atoms with E-state index >= 15 is 0 Å². The van der Waals surface area contributed by atoms with Crippen molar-refractivity contribution in [2.45, 2.75) is 19.4 Å². The topological polar surface area (TPSA) is 152 Å². The molecule has 5 N–H and O–H groups in total. The maximum atomic E-state index is 12.7. The van der Waals surface area contributed by atoms with Crippen molar-refractivity contribution in [3.05, 3.63) is 46.0 Å². The van der Waals surface area contributed by atoms with Crippen LogP contribution >= 0.6 is 0 Å². The van der Waals surface area contributed by atoms with Crippen molar-refractivity contribution in [1.82, 2.24) is 0 Å². The number of phenols is 4. The zero-order chi connectivity index (χ0) is 19.3. The first-order chi connectivity index (χ1) is 12.1. The number of carbonyl (C=O) groups is 3. The first kappa shape index (κ1) is 17.4. The second kappa shape index (κ2) is 5.85. The van der Waals surface area contributed by atoms with Gasteiger partial charge in [0.2, 0.25) is 5.78 Å². The van der Waals surface area contributed by atoms with Crippen LogP contribution < -0.4 is 0 Å². The highest BCUT2D eigenvalue weighted by atomic mass is 16.3. The van der Waals surface area contributed by atoms with Crippen molar-refractivity contribution in [2.24, 2.45) is 0 Å². The van der Waals surface area contributed by atoms with Crippen LogP contribution in [0, 0.1) is 0 Å². The second-order valence-electron chi connectivity index (χ2n) is 6.05. The maximum Gasteiger partial charge on any atom is 0.201 e. The highest BCUT2D eigenvalue weighted by Gasteiger charge is 2.37. The Morgan fingerprint density at radius 3 is 2.15 bits per heavy atom. The molecule has 0 saturated heterocycles. The number of aromatic hydroxyl groups is 4. The van der Waals surface area contributed by atoms with Gasteiger partial charge >= 0.3 is 0 Å². The maximum absolute atomic E-state index is 12.7. The molecule has 2 aromatic rings. The number of aliphatic hydroxyl groups excluding tert-OH is 1. The third-order valence-electron chi connectivity index (χ3n) is 4.18. The van der Waals surface area contributed by atoms with Gasteiger partial charge in [-0.25, -0.2) is 0 Å². The summed E-state index contributed by atoms with van der Waals surface area (Å²) in [4.78, 5) is 36.5. The molecule has 1 aliphatic rings. The molecule has 1 atom stereocenters. The monoisotopic (exact) mass is 358 g/mol. The highest BCUT2D eigenvalue weighted by molar-refractivity contribution is 6.30. The predicted molar refractivity (Wildman–Crippen MR) is 86.7 cm³/mol. The molecule has 0 bridgehead atoms. The molecule has 2 aromatic carbocycles. The molecular weight excluding hydrogens is 344 g/mol. The zero-order valence-electron chi connectivity index (χ0n) is 13.5. The van der Waals surface area contributed by atoms with Crippen molar-refractivity contribution in [3.63, 3.8) is 0 Å². The van der Waals surface area contributed by atoms with Crippen LogP contribution in [-0.2, 0) is 4.79 Å². The quantitative estimate of drug-likeness (QED) is 0.470. The van der Waals surface area contributed by atoms with Crippen LogP contribution in [0.4, 0.5) is 0 Å². The van der Waals surface area contributed by atoms with Gasteiger partial charge in [0.1, 0.15) is 28.8 Å². The van der Waals surface area contributed by atoms with Crippen LogP contribution in [0.3, 0.4) is 0 Å². The summed E-state index contributed by atoms with van der Waals surface area (Å²) < 4.78 is 0. The van der Waals surface area contributed by atoms with Gasteiger partial charge < -0.3 is 25.5 Å². The Labute approximate surface area is 146 Å². The third-order valence-corrected chi connectivity index (χ3v) is 4.18. The Morgan fingerprint density at radius 1 is 0.923 bits per heavy atom. The normalized spacial score (nSPS) is 13.9. The summed E-state index contributed by atoms with van der Waals surface area (Å²) in [7, 11) is 0.